The first-order chi connectivity index (χ1) is 13.2. The first-order valence-electron chi connectivity index (χ1n) is 8.90. The molecule has 27 heavy (non-hydrogen) atoms. The minimum atomic E-state index is -0.428. The normalized spacial score (nSPS) is 12.9. The van der Waals surface area contributed by atoms with E-state index in [9.17, 15) is 9.59 Å². The van der Waals surface area contributed by atoms with Gasteiger partial charge in [-0.3, -0.25) is 0 Å². The van der Waals surface area contributed by atoms with Crippen LogP contribution in [0.2, 0.25) is 0 Å². The standard InChI is InChI=1S/C20H18N2O4Se/c1-2-3-8-25-9-10-26-15-11-14-16(13-7-5-4-6-12(13)15)20(24)18-17(19(14)23)21-27-22-18/h4-7,11H,2-3,8-10H2,1H3. The summed E-state index contributed by atoms with van der Waals surface area (Å²) in [5.74, 6) is 0.0972. The predicted molar refractivity (Wildman–Crippen MR) is 101 cm³/mol. The second-order valence-electron chi connectivity index (χ2n) is 6.28. The van der Waals surface area contributed by atoms with Gasteiger partial charge >= 0.3 is 149 Å². The molecule has 1 heterocycles. The van der Waals surface area contributed by atoms with Gasteiger partial charge in [-0.25, -0.2) is 0 Å². The zero-order chi connectivity index (χ0) is 18.8. The molecule has 0 radical (unpaired) electrons. The number of benzene rings is 2. The number of fused-ring (bicyclic) bond motifs is 4. The number of nitrogens with zero attached hydrogens (tertiary/aromatic N) is 2. The molecule has 4 rings (SSSR count). The predicted octanol–water partition coefficient (Wildman–Crippen LogP) is 2.66. The van der Waals surface area contributed by atoms with Gasteiger partial charge in [0.05, 0.1) is 0 Å². The van der Waals surface area contributed by atoms with Crippen LogP contribution in [0.4, 0.5) is 0 Å². The zero-order valence-corrected chi connectivity index (χ0v) is 16.6. The van der Waals surface area contributed by atoms with Crippen LogP contribution in [0.1, 0.15) is 51.9 Å². The summed E-state index contributed by atoms with van der Waals surface area (Å²) in [6.07, 6.45) is 2.11. The first kappa shape index (κ1) is 18.0. The Morgan fingerprint density at radius 1 is 0.963 bits per heavy atom. The van der Waals surface area contributed by atoms with E-state index in [4.69, 9.17) is 9.47 Å². The number of hydrogen-bond acceptors (Lipinski definition) is 6. The topological polar surface area (TPSA) is 78.4 Å². The molecular weight excluding hydrogens is 411 g/mol. The molecule has 6 nitrogen and oxygen atoms in total. The van der Waals surface area contributed by atoms with Crippen LogP contribution >= 0.6 is 0 Å². The molecule has 0 aliphatic heterocycles. The van der Waals surface area contributed by atoms with E-state index in [0.717, 1.165) is 18.2 Å². The van der Waals surface area contributed by atoms with Crippen molar-refractivity contribution in [3.8, 4) is 5.75 Å². The van der Waals surface area contributed by atoms with Crippen molar-refractivity contribution in [1.29, 1.82) is 0 Å². The van der Waals surface area contributed by atoms with Crippen molar-refractivity contribution >= 4 is 37.3 Å². The molecule has 0 atom stereocenters. The molecular formula is C20H18N2O4Se. The average Bonchev–Trinajstić information content (AvgIpc) is 3.19. The molecule has 0 unspecified atom stereocenters. The van der Waals surface area contributed by atoms with E-state index in [0.29, 0.717) is 42.1 Å². The molecule has 3 aromatic rings. The van der Waals surface area contributed by atoms with Gasteiger partial charge < -0.3 is 0 Å². The van der Waals surface area contributed by atoms with Gasteiger partial charge in [-0.05, 0) is 0 Å². The van der Waals surface area contributed by atoms with Crippen molar-refractivity contribution in [3.63, 3.8) is 0 Å². The van der Waals surface area contributed by atoms with Crippen molar-refractivity contribution in [2.75, 3.05) is 19.8 Å². The van der Waals surface area contributed by atoms with E-state index < -0.39 is 15.0 Å². The van der Waals surface area contributed by atoms with Crippen molar-refractivity contribution in [1.82, 2.24) is 7.96 Å². The van der Waals surface area contributed by atoms with Gasteiger partial charge in [0.1, 0.15) is 0 Å². The van der Waals surface area contributed by atoms with Crippen LogP contribution in [0.3, 0.4) is 0 Å². The van der Waals surface area contributed by atoms with Gasteiger partial charge in [0.15, 0.2) is 0 Å². The SMILES string of the molecule is CCCCOCCOc1cc2c(c3ccccc13)C(=O)c1n[se]nc1C2=O. The van der Waals surface area contributed by atoms with Crippen LogP contribution in [0.5, 0.6) is 5.75 Å². The van der Waals surface area contributed by atoms with Crippen LogP contribution in [0.25, 0.3) is 10.8 Å². The Kier molecular flexibility index (Phi) is 5.16. The molecule has 0 saturated carbocycles. The number of unbranched alkanes of at least 4 members (excludes halogenated alkanes) is 1. The summed E-state index contributed by atoms with van der Waals surface area (Å²) >= 11 is -0.428. The quantitative estimate of drug-likeness (QED) is 0.332. The number of ether oxygens (including phenoxy) is 2. The first-order valence-corrected chi connectivity index (χ1v) is 10.4. The Morgan fingerprint density at radius 3 is 2.48 bits per heavy atom. The summed E-state index contributed by atoms with van der Waals surface area (Å²) < 4.78 is 19.7. The molecule has 0 spiro atoms. The molecule has 0 saturated heterocycles. The molecule has 1 aliphatic carbocycles. The van der Waals surface area contributed by atoms with Crippen LogP contribution in [-0.2, 0) is 4.74 Å². The number of aromatic nitrogens is 2. The summed E-state index contributed by atoms with van der Waals surface area (Å²) in [4.78, 5) is 25.8. The number of carbonyl (C=O) groups is 2. The zero-order valence-electron chi connectivity index (χ0n) is 14.9. The maximum atomic E-state index is 12.9. The molecule has 0 bridgehead atoms. The van der Waals surface area contributed by atoms with E-state index >= 15 is 0 Å². The molecule has 1 aliphatic rings. The second kappa shape index (κ2) is 7.72. The van der Waals surface area contributed by atoms with Crippen LogP contribution < -0.4 is 4.74 Å². The van der Waals surface area contributed by atoms with E-state index in [-0.39, 0.29) is 23.0 Å². The summed E-state index contributed by atoms with van der Waals surface area (Å²) in [7, 11) is 0. The molecule has 7 heteroatoms. The molecule has 0 N–H and O–H groups in total. The summed E-state index contributed by atoms with van der Waals surface area (Å²) in [5, 5.41) is 1.51. The Labute approximate surface area is 162 Å². The van der Waals surface area contributed by atoms with Gasteiger partial charge in [0.25, 0.3) is 0 Å². The Bertz CT molecular complexity index is 1030. The molecule has 138 valence electrons. The summed E-state index contributed by atoms with van der Waals surface area (Å²) in [6, 6.07) is 9.13. The summed E-state index contributed by atoms with van der Waals surface area (Å²) in [6.45, 7) is 3.68. The fourth-order valence-electron chi connectivity index (χ4n) is 3.18. The molecule has 0 fully saturated rings. The third kappa shape index (κ3) is 3.23. The Hall–Kier alpha value is -2.34. The van der Waals surface area contributed by atoms with E-state index in [1.54, 1.807) is 6.07 Å². The van der Waals surface area contributed by atoms with Crippen LogP contribution in [0, 0.1) is 0 Å². The van der Waals surface area contributed by atoms with E-state index in [1.807, 2.05) is 24.3 Å². The van der Waals surface area contributed by atoms with Gasteiger partial charge in [0, 0.05) is 0 Å². The fourth-order valence-corrected chi connectivity index (χ4v) is 4.32. The monoisotopic (exact) mass is 430 g/mol. The molecule has 1 aromatic heterocycles. The van der Waals surface area contributed by atoms with Crippen molar-refractivity contribution in [2.45, 2.75) is 19.8 Å². The van der Waals surface area contributed by atoms with Gasteiger partial charge in [-0.1, -0.05) is 13.3 Å². The Morgan fingerprint density at radius 2 is 1.70 bits per heavy atom. The van der Waals surface area contributed by atoms with Crippen LogP contribution in [-0.4, -0.2) is 54.3 Å². The maximum absolute atomic E-state index is 12.9. The van der Waals surface area contributed by atoms with E-state index in [2.05, 4.69) is 14.9 Å². The van der Waals surface area contributed by atoms with Gasteiger partial charge in [-0.15, -0.1) is 0 Å². The summed E-state index contributed by atoms with van der Waals surface area (Å²) in [5.41, 5.74) is 1.14. The number of rotatable bonds is 7. The van der Waals surface area contributed by atoms with E-state index in [1.165, 1.54) is 0 Å². The second-order valence-corrected chi connectivity index (χ2v) is 7.39. The van der Waals surface area contributed by atoms with Crippen molar-refractivity contribution in [2.24, 2.45) is 0 Å². The fraction of sp³-hybridized carbons (Fsp3) is 0.300. The molecule has 2 aromatic carbocycles. The van der Waals surface area contributed by atoms with Crippen LogP contribution in [0.15, 0.2) is 30.3 Å². The average molecular weight is 429 g/mol. The van der Waals surface area contributed by atoms with Gasteiger partial charge in [0.2, 0.25) is 0 Å². The third-order valence-corrected chi connectivity index (χ3v) is 5.63. The number of ketones is 2. The van der Waals surface area contributed by atoms with Gasteiger partial charge in [-0.2, -0.15) is 0 Å². The Balaban J connectivity index is 1.70. The third-order valence-electron chi connectivity index (χ3n) is 4.52. The minimum absolute atomic E-state index is 0.191. The van der Waals surface area contributed by atoms with Crippen molar-refractivity contribution < 1.29 is 19.1 Å². The number of hydrogen-bond donors (Lipinski definition) is 0. The van der Waals surface area contributed by atoms with Crippen molar-refractivity contribution in [3.05, 3.63) is 52.8 Å². The molecule has 0 amide bonds. The number of carbonyl (C=O) groups excluding carboxylic acids is 2.